The number of rotatable bonds is 2. The number of carbonyl (C=O) groups excluding carboxylic acids is 1. The third-order valence-electron chi connectivity index (χ3n) is 3.95. The highest BCUT2D eigenvalue weighted by Gasteiger charge is 2.17. The van der Waals surface area contributed by atoms with Gasteiger partial charge in [-0.25, -0.2) is 0 Å². The van der Waals surface area contributed by atoms with Crippen LogP contribution in [0.15, 0.2) is 24.3 Å². The Labute approximate surface area is 119 Å². The molecule has 2 aliphatic heterocycles. The van der Waals surface area contributed by atoms with Crippen molar-refractivity contribution < 1.29 is 9.53 Å². The summed E-state index contributed by atoms with van der Waals surface area (Å²) < 4.78 is 5.48. The molecule has 1 aromatic carbocycles. The molecule has 3 rings (SSSR count). The molecule has 4 heteroatoms. The van der Waals surface area contributed by atoms with Crippen LogP contribution >= 0.6 is 0 Å². The third kappa shape index (κ3) is 2.85. The van der Waals surface area contributed by atoms with E-state index in [1.165, 1.54) is 5.56 Å². The average molecular weight is 272 g/mol. The van der Waals surface area contributed by atoms with Crippen molar-refractivity contribution in [2.45, 2.75) is 6.42 Å². The van der Waals surface area contributed by atoms with E-state index in [4.69, 9.17) is 4.74 Å². The zero-order valence-electron chi connectivity index (χ0n) is 11.8. The van der Waals surface area contributed by atoms with Gasteiger partial charge in [0.15, 0.2) is 0 Å². The van der Waals surface area contributed by atoms with Crippen molar-refractivity contribution >= 4 is 12.0 Å². The van der Waals surface area contributed by atoms with Crippen molar-refractivity contribution in [1.29, 1.82) is 0 Å². The summed E-state index contributed by atoms with van der Waals surface area (Å²) in [5.41, 5.74) is 2.30. The van der Waals surface area contributed by atoms with Crippen LogP contribution in [0.25, 0.3) is 6.08 Å². The van der Waals surface area contributed by atoms with E-state index in [-0.39, 0.29) is 5.91 Å². The highest BCUT2D eigenvalue weighted by atomic mass is 16.5. The molecule has 0 radical (unpaired) electrons. The highest BCUT2D eigenvalue weighted by Crippen LogP contribution is 2.26. The fourth-order valence-electron chi connectivity index (χ4n) is 2.61. The summed E-state index contributed by atoms with van der Waals surface area (Å²) in [7, 11) is 2.09. The molecule has 0 bridgehead atoms. The van der Waals surface area contributed by atoms with Crippen LogP contribution in [0.5, 0.6) is 5.75 Å². The van der Waals surface area contributed by atoms with Gasteiger partial charge in [0.2, 0.25) is 5.91 Å². The van der Waals surface area contributed by atoms with Gasteiger partial charge in [0.05, 0.1) is 6.61 Å². The van der Waals surface area contributed by atoms with E-state index in [0.29, 0.717) is 0 Å². The smallest absolute Gasteiger partial charge is 0.246 e. The third-order valence-corrected chi connectivity index (χ3v) is 3.95. The second-order valence-electron chi connectivity index (χ2n) is 5.43. The number of piperazine rings is 1. The summed E-state index contributed by atoms with van der Waals surface area (Å²) in [5.74, 6) is 1.09. The predicted molar refractivity (Wildman–Crippen MR) is 78.8 cm³/mol. The second-order valence-corrected chi connectivity index (χ2v) is 5.43. The predicted octanol–water partition coefficient (Wildman–Crippen LogP) is 1.41. The summed E-state index contributed by atoms with van der Waals surface area (Å²) in [6.07, 6.45) is 4.55. The van der Waals surface area contributed by atoms with Gasteiger partial charge in [-0.05, 0) is 36.4 Å². The van der Waals surface area contributed by atoms with Crippen molar-refractivity contribution in [1.82, 2.24) is 9.80 Å². The molecule has 1 saturated heterocycles. The Morgan fingerprint density at radius 3 is 2.85 bits per heavy atom. The highest BCUT2D eigenvalue weighted by molar-refractivity contribution is 5.91. The summed E-state index contributed by atoms with van der Waals surface area (Å²) in [6, 6.07) is 6.09. The summed E-state index contributed by atoms with van der Waals surface area (Å²) in [4.78, 5) is 16.3. The van der Waals surface area contributed by atoms with Crippen LogP contribution in [0.4, 0.5) is 0 Å². The molecule has 106 valence electrons. The molecular weight excluding hydrogens is 252 g/mol. The van der Waals surface area contributed by atoms with Crippen molar-refractivity contribution in [3.05, 3.63) is 35.4 Å². The standard InChI is InChI=1S/C16H20N2O2/c1-17-7-9-18(10-8-17)16(19)5-3-13-2-4-15-14(12-13)6-11-20-15/h2-5,12H,6-11H2,1H3. The molecule has 0 aliphatic carbocycles. The van der Waals surface area contributed by atoms with E-state index in [9.17, 15) is 4.79 Å². The molecular formula is C16H20N2O2. The van der Waals surface area contributed by atoms with Gasteiger partial charge in [0.25, 0.3) is 0 Å². The van der Waals surface area contributed by atoms with E-state index in [1.807, 2.05) is 23.1 Å². The van der Waals surface area contributed by atoms with Crippen molar-refractivity contribution in [3.8, 4) is 5.75 Å². The Kier molecular flexibility index (Phi) is 3.74. The van der Waals surface area contributed by atoms with Crippen LogP contribution in [0.1, 0.15) is 11.1 Å². The number of fused-ring (bicyclic) bond motifs is 1. The number of carbonyl (C=O) groups is 1. The Hall–Kier alpha value is -1.81. The first-order chi connectivity index (χ1) is 9.72. The maximum Gasteiger partial charge on any atom is 0.246 e. The number of benzene rings is 1. The maximum absolute atomic E-state index is 12.1. The fourth-order valence-corrected chi connectivity index (χ4v) is 2.61. The molecule has 0 atom stereocenters. The van der Waals surface area contributed by atoms with Gasteiger partial charge in [-0.1, -0.05) is 6.07 Å². The molecule has 1 amide bonds. The SMILES string of the molecule is CN1CCN(C(=O)C=Cc2ccc3c(c2)CCO3)CC1. The summed E-state index contributed by atoms with van der Waals surface area (Å²) in [5, 5.41) is 0. The second kappa shape index (κ2) is 5.67. The van der Waals surface area contributed by atoms with E-state index in [0.717, 1.165) is 50.5 Å². The largest absolute Gasteiger partial charge is 0.493 e. The van der Waals surface area contributed by atoms with Gasteiger partial charge in [-0.3, -0.25) is 4.79 Å². The van der Waals surface area contributed by atoms with Gasteiger partial charge >= 0.3 is 0 Å². The van der Waals surface area contributed by atoms with E-state index in [2.05, 4.69) is 18.0 Å². The van der Waals surface area contributed by atoms with Crippen LogP contribution in [0.3, 0.4) is 0 Å². The molecule has 0 N–H and O–H groups in total. The molecule has 0 saturated carbocycles. The molecule has 2 aliphatic rings. The van der Waals surface area contributed by atoms with Gasteiger partial charge < -0.3 is 14.5 Å². The Balaban J connectivity index is 1.63. The van der Waals surface area contributed by atoms with Gasteiger partial charge in [-0.2, -0.15) is 0 Å². The molecule has 0 unspecified atom stereocenters. The monoisotopic (exact) mass is 272 g/mol. The quantitative estimate of drug-likeness (QED) is 0.763. The number of ether oxygens (including phenoxy) is 1. The summed E-state index contributed by atoms with van der Waals surface area (Å²) in [6.45, 7) is 4.31. The Morgan fingerprint density at radius 2 is 2.05 bits per heavy atom. The van der Waals surface area contributed by atoms with Crippen molar-refractivity contribution in [3.63, 3.8) is 0 Å². The average Bonchev–Trinajstić information content (AvgIpc) is 2.93. The van der Waals surface area contributed by atoms with Crippen molar-refractivity contribution in [2.75, 3.05) is 39.8 Å². The lowest BCUT2D eigenvalue weighted by Crippen LogP contribution is -2.46. The van der Waals surface area contributed by atoms with Gasteiger partial charge in [0.1, 0.15) is 5.75 Å². The first-order valence-corrected chi connectivity index (χ1v) is 7.13. The molecule has 4 nitrogen and oxygen atoms in total. The van der Waals surface area contributed by atoms with Crippen LogP contribution in [-0.2, 0) is 11.2 Å². The van der Waals surface area contributed by atoms with Gasteiger partial charge in [-0.15, -0.1) is 0 Å². The topological polar surface area (TPSA) is 32.8 Å². The van der Waals surface area contributed by atoms with Crippen molar-refractivity contribution in [2.24, 2.45) is 0 Å². The lowest BCUT2D eigenvalue weighted by atomic mass is 10.1. The minimum atomic E-state index is 0.106. The first-order valence-electron chi connectivity index (χ1n) is 7.13. The van der Waals surface area contributed by atoms with E-state index in [1.54, 1.807) is 6.08 Å². The Morgan fingerprint density at radius 1 is 1.25 bits per heavy atom. The number of amides is 1. The van der Waals surface area contributed by atoms with E-state index >= 15 is 0 Å². The Bertz CT molecular complexity index is 531. The molecule has 0 aromatic heterocycles. The van der Waals surface area contributed by atoms with Crippen LogP contribution in [0.2, 0.25) is 0 Å². The number of nitrogens with zero attached hydrogens (tertiary/aromatic N) is 2. The number of hydrogen-bond acceptors (Lipinski definition) is 3. The molecule has 2 heterocycles. The lowest BCUT2D eigenvalue weighted by Gasteiger charge is -2.31. The lowest BCUT2D eigenvalue weighted by molar-refractivity contribution is -0.127. The minimum absolute atomic E-state index is 0.106. The maximum atomic E-state index is 12.1. The number of likely N-dealkylation sites (N-methyl/N-ethyl adjacent to an activating group) is 1. The fraction of sp³-hybridized carbons (Fsp3) is 0.438. The zero-order valence-corrected chi connectivity index (χ0v) is 11.8. The molecule has 1 aromatic rings. The van der Waals surface area contributed by atoms with Gasteiger partial charge in [0, 0.05) is 38.7 Å². The molecule has 20 heavy (non-hydrogen) atoms. The first kappa shape index (κ1) is 13.2. The van der Waals surface area contributed by atoms with E-state index < -0.39 is 0 Å². The molecule has 1 fully saturated rings. The van der Waals surface area contributed by atoms with Crippen LogP contribution in [0, 0.1) is 0 Å². The summed E-state index contributed by atoms with van der Waals surface area (Å²) >= 11 is 0. The normalized spacial score (nSPS) is 19.1. The van der Waals surface area contributed by atoms with Crippen LogP contribution < -0.4 is 4.74 Å². The molecule has 0 spiro atoms. The zero-order chi connectivity index (χ0) is 13.9. The number of hydrogen-bond donors (Lipinski definition) is 0. The minimum Gasteiger partial charge on any atom is -0.493 e. The van der Waals surface area contributed by atoms with Crippen LogP contribution in [-0.4, -0.2) is 55.5 Å².